The van der Waals surface area contributed by atoms with Crippen LogP contribution in [0.5, 0.6) is 5.75 Å². The van der Waals surface area contributed by atoms with Gasteiger partial charge in [0.15, 0.2) is 0 Å². The van der Waals surface area contributed by atoms with Crippen LogP contribution in [-0.2, 0) is 6.42 Å². The fourth-order valence-electron chi connectivity index (χ4n) is 2.03. The topological polar surface area (TPSA) is 83.7 Å². The Morgan fingerprint density at radius 2 is 2.08 bits per heavy atom. The van der Waals surface area contributed by atoms with E-state index in [0.717, 1.165) is 5.56 Å². The maximum atomic E-state index is 11.7. The summed E-state index contributed by atoms with van der Waals surface area (Å²) < 4.78 is 10.3. The van der Waals surface area contributed by atoms with E-state index < -0.39 is 6.10 Å². The number of terminal acetylenes is 1. The second-order valence-corrected chi connectivity index (χ2v) is 5.05. The Morgan fingerprint density at radius 1 is 1.29 bits per heavy atom. The zero-order valence-corrected chi connectivity index (χ0v) is 13.2. The van der Waals surface area contributed by atoms with Crippen LogP contribution in [-0.4, -0.2) is 30.8 Å². The number of hydrogen-bond acceptors (Lipinski definition) is 4. The highest BCUT2D eigenvalue weighted by atomic mass is 16.5. The molecule has 0 aliphatic heterocycles. The molecule has 1 atom stereocenters. The van der Waals surface area contributed by atoms with E-state index >= 15 is 0 Å². The molecule has 1 aromatic carbocycles. The molecule has 1 heterocycles. The number of ether oxygens (including phenoxy) is 1. The third kappa shape index (κ3) is 5.71. The van der Waals surface area contributed by atoms with Crippen molar-refractivity contribution >= 4 is 6.03 Å². The van der Waals surface area contributed by atoms with Crippen molar-refractivity contribution in [1.29, 1.82) is 0 Å². The van der Waals surface area contributed by atoms with E-state index in [-0.39, 0.29) is 19.2 Å². The van der Waals surface area contributed by atoms with E-state index in [1.54, 1.807) is 12.1 Å². The van der Waals surface area contributed by atoms with Gasteiger partial charge in [0.25, 0.3) is 0 Å². The van der Waals surface area contributed by atoms with Crippen LogP contribution in [0, 0.1) is 12.3 Å². The van der Waals surface area contributed by atoms with Crippen LogP contribution in [0.3, 0.4) is 0 Å². The summed E-state index contributed by atoms with van der Waals surface area (Å²) >= 11 is 0. The summed E-state index contributed by atoms with van der Waals surface area (Å²) in [4.78, 5) is 11.7. The van der Waals surface area contributed by atoms with Gasteiger partial charge in [0.05, 0.1) is 12.8 Å². The van der Waals surface area contributed by atoms with E-state index in [0.29, 0.717) is 24.5 Å². The summed E-state index contributed by atoms with van der Waals surface area (Å²) in [5.41, 5.74) is 1.07. The van der Waals surface area contributed by atoms with Crippen molar-refractivity contribution in [3.63, 3.8) is 0 Å². The Hall–Kier alpha value is -2.91. The first-order chi connectivity index (χ1) is 11.7. The fraction of sp³-hybridized carbons (Fsp3) is 0.278. The summed E-state index contributed by atoms with van der Waals surface area (Å²) in [6.07, 6.45) is 6.43. The van der Waals surface area contributed by atoms with Crippen molar-refractivity contribution < 1.29 is 19.1 Å². The molecule has 2 amide bonds. The zero-order chi connectivity index (χ0) is 17.2. The molecule has 1 unspecified atom stereocenters. The number of nitrogens with one attached hydrogen (secondary N) is 2. The first-order valence-electron chi connectivity index (χ1n) is 7.57. The van der Waals surface area contributed by atoms with Gasteiger partial charge in [-0.1, -0.05) is 18.1 Å². The molecule has 0 saturated carbocycles. The van der Waals surface area contributed by atoms with Crippen LogP contribution in [0.25, 0.3) is 0 Å². The molecule has 0 bridgehead atoms. The average molecular weight is 328 g/mol. The molecule has 126 valence electrons. The first kappa shape index (κ1) is 17.4. The van der Waals surface area contributed by atoms with Crippen LogP contribution in [0.15, 0.2) is 47.1 Å². The van der Waals surface area contributed by atoms with E-state index in [4.69, 9.17) is 15.6 Å². The number of carbonyl (C=O) groups is 1. The quantitative estimate of drug-likeness (QED) is 0.646. The average Bonchev–Trinajstić information content (AvgIpc) is 3.13. The van der Waals surface area contributed by atoms with Crippen molar-refractivity contribution in [2.45, 2.75) is 12.5 Å². The lowest BCUT2D eigenvalue weighted by molar-refractivity contribution is 0.148. The van der Waals surface area contributed by atoms with Crippen LogP contribution in [0.4, 0.5) is 4.79 Å². The maximum Gasteiger partial charge on any atom is 0.314 e. The molecule has 2 rings (SSSR count). The minimum absolute atomic E-state index is 0.0839. The normalized spacial score (nSPS) is 11.3. The molecule has 0 aliphatic carbocycles. The van der Waals surface area contributed by atoms with E-state index in [1.807, 2.05) is 24.3 Å². The lowest BCUT2D eigenvalue weighted by Crippen LogP contribution is -2.38. The number of amides is 2. The second-order valence-electron chi connectivity index (χ2n) is 5.05. The molecule has 0 spiro atoms. The van der Waals surface area contributed by atoms with Crippen molar-refractivity contribution in [2.75, 3.05) is 19.7 Å². The van der Waals surface area contributed by atoms with Gasteiger partial charge in [-0.15, -0.1) is 6.42 Å². The van der Waals surface area contributed by atoms with Crippen molar-refractivity contribution in [1.82, 2.24) is 10.6 Å². The zero-order valence-electron chi connectivity index (χ0n) is 13.2. The molecule has 6 nitrogen and oxygen atoms in total. The smallest absolute Gasteiger partial charge is 0.314 e. The lowest BCUT2D eigenvalue weighted by Gasteiger charge is -2.11. The third-order valence-corrected chi connectivity index (χ3v) is 3.27. The molecule has 0 fully saturated rings. The molecular weight excluding hydrogens is 308 g/mol. The predicted octanol–water partition coefficient (Wildman–Crippen LogP) is 1.87. The van der Waals surface area contributed by atoms with Gasteiger partial charge in [-0.2, -0.15) is 0 Å². The number of hydrogen-bond donors (Lipinski definition) is 3. The summed E-state index contributed by atoms with van der Waals surface area (Å²) in [6, 6.07) is 10.5. The highest BCUT2D eigenvalue weighted by molar-refractivity contribution is 5.73. The van der Waals surface area contributed by atoms with E-state index in [9.17, 15) is 9.90 Å². The summed E-state index contributed by atoms with van der Waals surface area (Å²) in [7, 11) is 0. The molecule has 0 aliphatic rings. The minimum Gasteiger partial charge on any atom is -0.481 e. The Bertz CT molecular complexity index is 659. The number of urea groups is 1. The van der Waals surface area contributed by atoms with Crippen LogP contribution in [0.1, 0.15) is 17.4 Å². The van der Waals surface area contributed by atoms with Crippen molar-refractivity contribution in [3.8, 4) is 18.1 Å². The molecule has 1 aromatic heterocycles. The van der Waals surface area contributed by atoms with Gasteiger partial charge in [0.2, 0.25) is 0 Å². The molecule has 6 heteroatoms. The lowest BCUT2D eigenvalue weighted by atomic mass is 10.1. The van der Waals surface area contributed by atoms with Gasteiger partial charge < -0.3 is 24.9 Å². The monoisotopic (exact) mass is 328 g/mol. The van der Waals surface area contributed by atoms with Crippen molar-refractivity contribution in [3.05, 3.63) is 54.0 Å². The number of furan rings is 1. The van der Waals surface area contributed by atoms with Gasteiger partial charge >= 0.3 is 6.03 Å². The van der Waals surface area contributed by atoms with Gasteiger partial charge in [0.1, 0.15) is 24.2 Å². The molecular formula is C18H20N2O4. The van der Waals surface area contributed by atoms with Crippen LogP contribution >= 0.6 is 0 Å². The molecule has 24 heavy (non-hydrogen) atoms. The molecule has 0 radical (unpaired) electrons. The minimum atomic E-state index is -0.860. The molecule has 0 saturated heterocycles. The maximum absolute atomic E-state index is 11.7. The van der Waals surface area contributed by atoms with Crippen LogP contribution in [0.2, 0.25) is 0 Å². The Morgan fingerprint density at radius 3 is 2.75 bits per heavy atom. The number of benzene rings is 1. The predicted molar refractivity (Wildman–Crippen MR) is 89.5 cm³/mol. The van der Waals surface area contributed by atoms with Gasteiger partial charge in [-0.3, -0.25) is 0 Å². The van der Waals surface area contributed by atoms with Gasteiger partial charge in [-0.25, -0.2) is 4.79 Å². The second kappa shape index (κ2) is 9.28. The Labute approximate surface area is 140 Å². The fourth-order valence-corrected chi connectivity index (χ4v) is 2.03. The highest BCUT2D eigenvalue weighted by Gasteiger charge is 2.11. The SMILES string of the molecule is C#CCOc1ccc(CCNC(=O)NCC(O)c2ccco2)cc1. The summed E-state index contributed by atoms with van der Waals surface area (Å²) in [5, 5.41) is 15.1. The number of rotatable bonds is 8. The van der Waals surface area contributed by atoms with Crippen LogP contribution < -0.4 is 15.4 Å². The van der Waals surface area contributed by atoms with E-state index in [1.165, 1.54) is 6.26 Å². The largest absolute Gasteiger partial charge is 0.481 e. The molecule has 3 N–H and O–H groups in total. The van der Waals surface area contributed by atoms with Gasteiger partial charge in [-0.05, 0) is 36.2 Å². The number of aliphatic hydroxyl groups excluding tert-OH is 1. The number of carbonyl (C=O) groups excluding carboxylic acids is 1. The van der Waals surface area contributed by atoms with E-state index in [2.05, 4.69) is 16.6 Å². The van der Waals surface area contributed by atoms with Gasteiger partial charge in [0, 0.05) is 6.54 Å². The first-order valence-corrected chi connectivity index (χ1v) is 7.57. The highest BCUT2D eigenvalue weighted by Crippen LogP contribution is 2.12. The summed E-state index contributed by atoms with van der Waals surface area (Å²) in [5.74, 6) is 3.54. The summed E-state index contributed by atoms with van der Waals surface area (Å²) in [6.45, 7) is 0.804. The van der Waals surface area contributed by atoms with Crippen molar-refractivity contribution in [2.24, 2.45) is 0 Å². The number of aliphatic hydroxyl groups is 1. The standard InChI is InChI=1S/C18H20N2O4/c1-2-11-23-15-7-5-14(6-8-15)9-10-19-18(22)20-13-16(21)17-4-3-12-24-17/h1,3-8,12,16,21H,9-11,13H2,(H2,19,20,22). The Balaban J connectivity index is 1.64. The third-order valence-electron chi connectivity index (χ3n) is 3.27. The molecule has 2 aromatic rings. The Kier molecular flexibility index (Phi) is 6.74.